The first-order valence-corrected chi connectivity index (χ1v) is 7.55. The molecule has 3 heterocycles. The van der Waals surface area contributed by atoms with E-state index in [9.17, 15) is 19.7 Å². The topological polar surface area (TPSA) is 120 Å². The maximum atomic E-state index is 12.0. The lowest BCUT2D eigenvalue weighted by atomic mass is 10.4. The fourth-order valence-electron chi connectivity index (χ4n) is 1.93. The summed E-state index contributed by atoms with van der Waals surface area (Å²) in [5, 5.41) is 15.3. The van der Waals surface area contributed by atoms with E-state index >= 15 is 0 Å². The van der Waals surface area contributed by atoms with E-state index in [-0.39, 0.29) is 12.2 Å². The molecule has 0 fully saturated rings. The normalized spacial score (nSPS) is 10.5. The van der Waals surface area contributed by atoms with Crippen molar-refractivity contribution in [3.63, 3.8) is 0 Å². The second kappa shape index (κ2) is 6.46. The van der Waals surface area contributed by atoms with E-state index in [0.717, 1.165) is 22.9 Å². The Hall–Kier alpha value is -3.27. The Kier molecular flexibility index (Phi) is 4.20. The van der Waals surface area contributed by atoms with Crippen LogP contribution in [0.25, 0.3) is 11.5 Å². The van der Waals surface area contributed by atoms with Crippen LogP contribution in [0.15, 0.2) is 51.3 Å². The number of hydrogen-bond acceptors (Lipinski definition) is 7. The molecule has 0 saturated heterocycles. The van der Waals surface area contributed by atoms with Crippen LogP contribution in [0, 0.1) is 10.1 Å². The Morgan fingerprint density at radius 2 is 2.25 bits per heavy atom. The van der Waals surface area contributed by atoms with Crippen molar-refractivity contribution in [2.24, 2.45) is 0 Å². The van der Waals surface area contributed by atoms with E-state index in [1.54, 1.807) is 17.5 Å². The number of furan rings is 1. The largest absolute Gasteiger partial charge is 0.463 e. The van der Waals surface area contributed by atoms with Crippen LogP contribution in [0.5, 0.6) is 0 Å². The molecule has 3 aromatic heterocycles. The second-order valence-corrected chi connectivity index (χ2v) is 5.53. The van der Waals surface area contributed by atoms with Gasteiger partial charge in [-0.05, 0) is 12.1 Å². The summed E-state index contributed by atoms with van der Waals surface area (Å²) >= 11 is 1.20. The number of anilines is 1. The smallest absolute Gasteiger partial charge is 0.285 e. The van der Waals surface area contributed by atoms with E-state index in [0.29, 0.717) is 16.6 Å². The third-order valence-electron chi connectivity index (χ3n) is 3.02. The molecule has 9 nitrogen and oxygen atoms in total. The number of pyridine rings is 1. The van der Waals surface area contributed by atoms with Gasteiger partial charge in [0, 0.05) is 17.5 Å². The molecule has 122 valence electrons. The van der Waals surface area contributed by atoms with Crippen molar-refractivity contribution < 1.29 is 14.1 Å². The maximum Gasteiger partial charge on any atom is 0.285 e. The molecule has 1 amide bonds. The Labute approximate surface area is 138 Å². The zero-order valence-electron chi connectivity index (χ0n) is 12.0. The number of carbonyl (C=O) groups is 1. The average molecular weight is 346 g/mol. The molecule has 0 aliphatic heterocycles. The molecule has 0 atom stereocenters. The summed E-state index contributed by atoms with van der Waals surface area (Å²) < 4.78 is 6.17. The number of nitrogens with one attached hydrogen (secondary N) is 1. The fourth-order valence-corrected chi connectivity index (χ4v) is 2.65. The lowest BCUT2D eigenvalue weighted by Gasteiger charge is -2.04. The SMILES string of the molecule is O=C(Cn1cc([N+](=O)[O-])ccc1=O)Nc1nc(-c2ccco2)cs1. The van der Waals surface area contributed by atoms with Gasteiger partial charge in [-0.2, -0.15) is 0 Å². The number of aromatic nitrogens is 2. The molecule has 0 aromatic carbocycles. The Balaban J connectivity index is 1.71. The quantitative estimate of drug-likeness (QED) is 0.558. The minimum Gasteiger partial charge on any atom is -0.463 e. The number of nitrogens with zero attached hydrogens (tertiary/aromatic N) is 3. The van der Waals surface area contributed by atoms with Crippen molar-refractivity contribution in [2.45, 2.75) is 6.54 Å². The lowest BCUT2D eigenvalue weighted by Crippen LogP contribution is -2.26. The van der Waals surface area contributed by atoms with E-state index in [1.807, 2.05) is 0 Å². The molecular weight excluding hydrogens is 336 g/mol. The van der Waals surface area contributed by atoms with Crippen molar-refractivity contribution in [2.75, 3.05) is 5.32 Å². The lowest BCUT2D eigenvalue weighted by molar-refractivity contribution is -0.385. The first-order chi connectivity index (χ1) is 11.5. The van der Waals surface area contributed by atoms with Crippen molar-refractivity contribution >= 4 is 28.1 Å². The fraction of sp³-hybridized carbons (Fsp3) is 0.0714. The summed E-state index contributed by atoms with van der Waals surface area (Å²) in [7, 11) is 0. The molecule has 1 N–H and O–H groups in total. The summed E-state index contributed by atoms with van der Waals surface area (Å²) in [5.41, 5.74) is -0.198. The van der Waals surface area contributed by atoms with E-state index in [2.05, 4.69) is 10.3 Å². The molecular formula is C14H10N4O5S. The average Bonchev–Trinajstić information content (AvgIpc) is 3.20. The Morgan fingerprint density at radius 3 is 2.96 bits per heavy atom. The van der Waals surface area contributed by atoms with E-state index in [1.165, 1.54) is 17.6 Å². The summed E-state index contributed by atoms with van der Waals surface area (Å²) in [6, 6.07) is 5.60. The number of thiazole rings is 1. The minimum absolute atomic E-state index is 0.267. The molecule has 3 rings (SSSR count). The van der Waals surface area contributed by atoms with Crippen molar-refractivity contribution in [1.29, 1.82) is 0 Å². The highest BCUT2D eigenvalue weighted by atomic mass is 32.1. The van der Waals surface area contributed by atoms with E-state index < -0.39 is 16.4 Å². The molecule has 3 aromatic rings. The minimum atomic E-state index is -0.635. The molecule has 24 heavy (non-hydrogen) atoms. The number of rotatable bonds is 5. The highest BCUT2D eigenvalue weighted by molar-refractivity contribution is 7.14. The van der Waals surface area contributed by atoms with Gasteiger partial charge < -0.3 is 9.73 Å². The van der Waals surface area contributed by atoms with Crippen LogP contribution in [0.1, 0.15) is 0 Å². The predicted octanol–water partition coefficient (Wildman–Crippen LogP) is 2.11. The van der Waals surface area contributed by atoms with Crippen LogP contribution < -0.4 is 10.9 Å². The first kappa shape index (κ1) is 15.6. The molecule has 0 saturated carbocycles. The van der Waals surface area contributed by atoms with Crippen LogP contribution in [0.4, 0.5) is 10.8 Å². The number of carbonyl (C=O) groups excluding carboxylic acids is 1. The Bertz CT molecular complexity index is 944. The molecule has 10 heteroatoms. The van der Waals surface area contributed by atoms with Gasteiger partial charge in [-0.1, -0.05) is 0 Å². The molecule has 0 radical (unpaired) electrons. The number of hydrogen-bond donors (Lipinski definition) is 1. The number of nitro groups is 1. The zero-order chi connectivity index (χ0) is 17.1. The van der Waals surface area contributed by atoms with Gasteiger partial charge in [0.05, 0.1) is 17.4 Å². The van der Waals surface area contributed by atoms with Crippen LogP contribution in [0.2, 0.25) is 0 Å². The number of amides is 1. The summed E-state index contributed by atoms with van der Waals surface area (Å²) in [6.45, 7) is -0.351. The third-order valence-corrected chi connectivity index (χ3v) is 3.77. The van der Waals surface area contributed by atoms with Crippen LogP contribution in [0.3, 0.4) is 0 Å². The van der Waals surface area contributed by atoms with Gasteiger partial charge in [-0.3, -0.25) is 24.3 Å². The van der Waals surface area contributed by atoms with Crippen LogP contribution >= 0.6 is 11.3 Å². The zero-order valence-corrected chi connectivity index (χ0v) is 12.9. The van der Waals surface area contributed by atoms with Gasteiger partial charge in [0.2, 0.25) is 5.91 Å². The molecule has 0 aliphatic carbocycles. The molecule has 0 aliphatic rings. The molecule has 0 unspecified atom stereocenters. The van der Waals surface area contributed by atoms with Gasteiger partial charge in [-0.25, -0.2) is 4.98 Å². The van der Waals surface area contributed by atoms with Crippen molar-refractivity contribution in [1.82, 2.24) is 9.55 Å². The third kappa shape index (κ3) is 3.38. The second-order valence-electron chi connectivity index (χ2n) is 4.67. The monoisotopic (exact) mass is 346 g/mol. The highest BCUT2D eigenvalue weighted by Crippen LogP contribution is 2.25. The maximum absolute atomic E-state index is 12.0. The van der Waals surface area contributed by atoms with Gasteiger partial charge in [0.1, 0.15) is 12.2 Å². The van der Waals surface area contributed by atoms with Gasteiger partial charge >= 0.3 is 0 Å². The molecule has 0 bridgehead atoms. The van der Waals surface area contributed by atoms with Gasteiger partial charge in [0.15, 0.2) is 10.9 Å². The van der Waals surface area contributed by atoms with Crippen LogP contribution in [-0.4, -0.2) is 20.4 Å². The van der Waals surface area contributed by atoms with Crippen LogP contribution in [-0.2, 0) is 11.3 Å². The van der Waals surface area contributed by atoms with Gasteiger partial charge in [0.25, 0.3) is 11.2 Å². The van der Waals surface area contributed by atoms with E-state index in [4.69, 9.17) is 4.42 Å². The summed E-state index contributed by atoms with van der Waals surface area (Å²) in [5.74, 6) is 0.0552. The van der Waals surface area contributed by atoms with Crippen molar-refractivity contribution in [3.05, 3.63) is 62.6 Å². The molecule has 0 spiro atoms. The van der Waals surface area contributed by atoms with Gasteiger partial charge in [-0.15, -0.1) is 11.3 Å². The first-order valence-electron chi connectivity index (χ1n) is 6.67. The highest BCUT2D eigenvalue weighted by Gasteiger charge is 2.13. The predicted molar refractivity (Wildman–Crippen MR) is 85.8 cm³/mol. The standard InChI is InChI=1S/C14H10N4O5S/c19-12(7-17-6-9(18(21)22)3-4-13(17)20)16-14-15-10(8-24-14)11-2-1-5-23-11/h1-6,8H,7H2,(H,15,16,19). The summed E-state index contributed by atoms with van der Waals surface area (Å²) in [6.07, 6.45) is 2.54. The van der Waals surface area contributed by atoms with Crippen molar-refractivity contribution in [3.8, 4) is 11.5 Å². The summed E-state index contributed by atoms with van der Waals surface area (Å²) in [4.78, 5) is 38.0. The Morgan fingerprint density at radius 1 is 1.42 bits per heavy atom.